The van der Waals surface area contributed by atoms with Crippen LogP contribution in [0.25, 0.3) is 0 Å². The van der Waals surface area contributed by atoms with E-state index < -0.39 is 6.10 Å². The highest BCUT2D eigenvalue weighted by atomic mass is 32.2. The maximum absolute atomic E-state index is 9.07. The second-order valence-corrected chi connectivity index (χ2v) is 4.05. The zero-order valence-corrected chi connectivity index (χ0v) is 8.57. The number of aromatic hydroxyl groups is 1. The number of aliphatic hydroxyl groups is 2. The van der Waals surface area contributed by atoms with Crippen LogP contribution < -0.4 is 0 Å². The van der Waals surface area contributed by atoms with Gasteiger partial charge in [0.25, 0.3) is 0 Å². The van der Waals surface area contributed by atoms with Crippen molar-refractivity contribution in [2.45, 2.75) is 11.9 Å². The van der Waals surface area contributed by atoms with Gasteiger partial charge in [-0.15, -0.1) is 0 Å². The van der Waals surface area contributed by atoms with E-state index in [1.165, 1.54) is 0 Å². The molecule has 3 nitrogen and oxygen atoms in total. The minimum atomic E-state index is -0.642. The van der Waals surface area contributed by atoms with Crippen LogP contribution in [-0.4, -0.2) is 33.8 Å². The first-order valence-corrected chi connectivity index (χ1v) is 5.52. The maximum atomic E-state index is 9.07. The molecule has 0 aliphatic rings. The Hall–Kier alpha value is -0.710. The summed E-state index contributed by atoms with van der Waals surface area (Å²) in [6, 6.07) is 6.96. The highest BCUT2D eigenvalue weighted by Crippen LogP contribution is 2.16. The molecule has 0 aliphatic carbocycles. The number of thioether (sulfide) groups is 1. The van der Waals surface area contributed by atoms with Crippen LogP contribution in [0, 0.1) is 0 Å². The largest absolute Gasteiger partial charge is 0.508 e. The first-order valence-electron chi connectivity index (χ1n) is 4.37. The predicted molar refractivity (Wildman–Crippen MR) is 57.4 cm³/mol. The summed E-state index contributed by atoms with van der Waals surface area (Å²) in [4.78, 5) is 0. The molecule has 0 aromatic heterocycles. The van der Waals surface area contributed by atoms with Gasteiger partial charge in [0.15, 0.2) is 0 Å². The molecular formula is C10H14O3S. The molecule has 1 aromatic carbocycles. The summed E-state index contributed by atoms with van der Waals surface area (Å²) in [7, 11) is 0. The molecule has 1 atom stereocenters. The lowest BCUT2D eigenvalue weighted by Crippen LogP contribution is -2.14. The lowest BCUT2D eigenvalue weighted by molar-refractivity contribution is 0.113. The van der Waals surface area contributed by atoms with Gasteiger partial charge in [0.2, 0.25) is 0 Å². The van der Waals surface area contributed by atoms with Crippen LogP contribution in [0.5, 0.6) is 5.75 Å². The van der Waals surface area contributed by atoms with Crippen molar-refractivity contribution in [1.29, 1.82) is 0 Å². The first kappa shape index (κ1) is 11.4. The maximum Gasteiger partial charge on any atom is 0.115 e. The van der Waals surface area contributed by atoms with Crippen LogP contribution >= 0.6 is 11.8 Å². The van der Waals surface area contributed by atoms with Crippen molar-refractivity contribution in [1.82, 2.24) is 0 Å². The second-order valence-electron chi connectivity index (χ2n) is 3.02. The number of hydrogen-bond donors (Lipinski definition) is 3. The Morgan fingerprint density at radius 1 is 1.21 bits per heavy atom. The first-order chi connectivity index (χ1) is 6.72. The van der Waals surface area contributed by atoms with E-state index in [4.69, 9.17) is 15.3 Å². The summed E-state index contributed by atoms with van der Waals surface area (Å²) in [5, 5.41) is 26.7. The van der Waals surface area contributed by atoms with E-state index in [2.05, 4.69) is 0 Å². The van der Waals surface area contributed by atoms with E-state index in [0.717, 1.165) is 11.3 Å². The van der Waals surface area contributed by atoms with Gasteiger partial charge < -0.3 is 15.3 Å². The minimum Gasteiger partial charge on any atom is -0.508 e. The third kappa shape index (κ3) is 4.00. The summed E-state index contributed by atoms with van der Waals surface area (Å²) >= 11 is 1.55. The van der Waals surface area contributed by atoms with Crippen LogP contribution in [0.1, 0.15) is 5.56 Å². The van der Waals surface area contributed by atoms with Crippen molar-refractivity contribution in [2.75, 3.05) is 12.4 Å². The molecule has 1 unspecified atom stereocenters. The Balaban J connectivity index is 2.28. The van der Waals surface area contributed by atoms with Gasteiger partial charge in [0.1, 0.15) is 5.75 Å². The Labute approximate surface area is 87.4 Å². The van der Waals surface area contributed by atoms with Crippen LogP contribution in [0.3, 0.4) is 0 Å². The Bertz CT molecular complexity index is 261. The fourth-order valence-electron chi connectivity index (χ4n) is 0.958. The van der Waals surface area contributed by atoms with Crippen LogP contribution in [-0.2, 0) is 5.75 Å². The van der Waals surface area contributed by atoms with Crippen molar-refractivity contribution >= 4 is 11.8 Å². The van der Waals surface area contributed by atoms with Gasteiger partial charge in [-0.1, -0.05) is 12.1 Å². The molecule has 0 fully saturated rings. The highest BCUT2D eigenvalue weighted by Gasteiger charge is 2.01. The van der Waals surface area contributed by atoms with E-state index in [-0.39, 0.29) is 12.4 Å². The van der Waals surface area contributed by atoms with E-state index in [0.29, 0.717) is 5.75 Å². The van der Waals surface area contributed by atoms with Crippen LogP contribution in [0.4, 0.5) is 0 Å². The summed E-state index contributed by atoms with van der Waals surface area (Å²) in [6.07, 6.45) is -0.642. The normalized spacial score (nSPS) is 12.7. The lowest BCUT2D eigenvalue weighted by atomic mass is 10.2. The molecule has 0 spiro atoms. The topological polar surface area (TPSA) is 60.7 Å². The van der Waals surface area contributed by atoms with E-state index >= 15 is 0 Å². The van der Waals surface area contributed by atoms with E-state index in [1.54, 1.807) is 23.9 Å². The Morgan fingerprint density at radius 3 is 2.43 bits per heavy atom. The van der Waals surface area contributed by atoms with Crippen molar-refractivity contribution in [3.8, 4) is 5.75 Å². The Kier molecular flexibility index (Phi) is 4.79. The molecule has 0 heterocycles. The number of aliphatic hydroxyl groups excluding tert-OH is 2. The van der Waals surface area contributed by atoms with Gasteiger partial charge in [-0.2, -0.15) is 11.8 Å². The van der Waals surface area contributed by atoms with Crippen LogP contribution in [0.2, 0.25) is 0 Å². The third-order valence-electron chi connectivity index (χ3n) is 1.73. The molecule has 14 heavy (non-hydrogen) atoms. The van der Waals surface area contributed by atoms with Crippen molar-refractivity contribution in [3.63, 3.8) is 0 Å². The third-order valence-corrected chi connectivity index (χ3v) is 2.88. The lowest BCUT2D eigenvalue weighted by Gasteiger charge is -2.06. The van der Waals surface area contributed by atoms with Gasteiger partial charge in [-0.25, -0.2) is 0 Å². The number of phenols is 1. The van der Waals surface area contributed by atoms with Gasteiger partial charge in [-0.05, 0) is 17.7 Å². The molecule has 0 saturated carbocycles. The number of hydrogen-bond acceptors (Lipinski definition) is 4. The average molecular weight is 214 g/mol. The SMILES string of the molecule is OCC(O)CSCc1ccc(O)cc1. The quantitative estimate of drug-likeness (QED) is 0.683. The van der Waals surface area contributed by atoms with Crippen molar-refractivity contribution < 1.29 is 15.3 Å². The molecule has 78 valence electrons. The average Bonchev–Trinajstić information content (AvgIpc) is 2.21. The molecule has 0 amide bonds. The number of phenolic OH excluding ortho intramolecular Hbond substituents is 1. The van der Waals surface area contributed by atoms with Crippen molar-refractivity contribution in [2.24, 2.45) is 0 Å². The highest BCUT2D eigenvalue weighted by molar-refractivity contribution is 7.98. The van der Waals surface area contributed by atoms with Crippen LogP contribution in [0.15, 0.2) is 24.3 Å². The molecule has 0 aliphatic heterocycles. The summed E-state index contributed by atoms with van der Waals surface area (Å²) in [5.41, 5.74) is 1.10. The summed E-state index contributed by atoms with van der Waals surface area (Å²) in [6.45, 7) is -0.192. The van der Waals surface area contributed by atoms with E-state index in [1.807, 2.05) is 12.1 Å². The van der Waals surface area contributed by atoms with Gasteiger partial charge in [0.05, 0.1) is 12.7 Å². The molecule has 0 bridgehead atoms. The zero-order valence-electron chi connectivity index (χ0n) is 7.76. The summed E-state index contributed by atoms with van der Waals surface area (Å²) < 4.78 is 0. The van der Waals surface area contributed by atoms with Gasteiger partial charge in [-0.3, -0.25) is 0 Å². The molecular weight excluding hydrogens is 200 g/mol. The molecule has 1 aromatic rings. The fourth-order valence-corrected chi connectivity index (χ4v) is 1.88. The molecule has 3 N–H and O–H groups in total. The number of benzene rings is 1. The van der Waals surface area contributed by atoms with Gasteiger partial charge >= 0.3 is 0 Å². The van der Waals surface area contributed by atoms with Gasteiger partial charge in [0, 0.05) is 11.5 Å². The molecule has 4 heteroatoms. The zero-order chi connectivity index (χ0) is 10.4. The van der Waals surface area contributed by atoms with E-state index in [9.17, 15) is 0 Å². The standard InChI is InChI=1S/C10H14O3S/c11-5-10(13)7-14-6-8-1-3-9(12)4-2-8/h1-4,10-13H,5-7H2. The number of rotatable bonds is 5. The molecule has 0 saturated heterocycles. The second kappa shape index (κ2) is 5.90. The van der Waals surface area contributed by atoms with Crippen molar-refractivity contribution in [3.05, 3.63) is 29.8 Å². The fraction of sp³-hybridized carbons (Fsp3) is 0.400. The summed E-state index contributed by atoms with van der Waals surface area (Å²) in [5.74, 6) is 1.56. The Morgan fingerprint density at radius 2 is 1.86 bits per heavy atom. The minimum absolute atomic E-state index is 0.192. The molecule has 0 radical (unpaired) electrons. The molecule has 1 rings (SSSR count). The smallest absolute Gasteiger partial charge is 0.115 e. The monoisotopic (exact) mass is 214 g/mol. The predicted octanol–water partition coefficient (Wildman–Crippen LogP) is 0.979.